The predicted octanol–water partition coefficient (Wildman–Crippen LogP) is 4.33. The number of nitrogens with zero attached hydrogens (tertiary/aromatic N) is 2. The highest BCUT2D eigenvalue weighted by atomic mass is 35.5. The number of rotatable bonds is 9. The summed E-state index contributed by atoms with van der Waals surface area (Å²) in [6, 6.07) is 2.98. The lowest BCUT2D eigenvalue weighted by Gasteiger charge is -2.35. The highest BCUT2D eigenvalue weighted by Gasteiger charge is 2.61. The van der Waals surface area contributed by atoms with E-state index >= 15 is 0 Å². The molecule has 1 aromatic heterocycles. The fraction of sp³-hybridized carbons (Fsp3) is 0.531. The second kappa shape index (κ2) is 12.4. The summed E-state index contributed by atoms with van der Waals surface area (Å²) >= 11 is 6.28. The van der Waals surface area contributed by atoms with Gasteiger partial charge in [0.05, 0.1) is 19.9 Å². The first kappa shape index (κ1) is 33.8. The number of benzene rings is 1. The van der Waals surface area contributed by atoms with Crippen LogP contribution in [0.15, 0.2) is 37.1 Å². The number of fused-ring (bicyclic) bond motifs is 1. The van der Waals surface area contributed by atoms with Gasteiger partial charge in [0.15, 0.2) is 0 Å². The van der Waals surface area contributed by atoms with E-state index in [-0.39, 0.29) is 25.3 Å². The van der Waals surface area contributed by atoms with E-state index in [1.807, 2.05) is 0 Å². The Kier molecular flexibility index (Phi) is 9.31. The summed E-state index contributed by atoms with van der Waals surface area (Å²) in [6.07, 6.45) is 1.71. The molecule has 244 valence electrons. The van der Waals surface area contributed by atoms with Gasteiger partial charge in [-0.15, -0.1) is 6.58 Å². The molecule has 0 spiro atoms. The smallest absolute Gasteiger partial charge is 0.408 e. The van der Waals surface area contributed by atoms with E-state index in [2.05, 4.69) is 22.2 Å². The van der Waals surface area contributed by atoms with Gasteiger partial charge in [-0.05, 0) is 50.8 Å². The van der Waals surface area contributed by atoms with E-state index in [1.165, 1.54) is 24.3 Å². The van der Waals surface area contributed by atoms with Crippen molar-refractivity contribution < 1.29 is 38.5 Å². The Morgan fingerprint density at radius 3 is 2.42 bits per heavy atom. The molecule has 0 radical (unpaired) electrons. The molecule has 2 heterocycles. The monoisotopic (exact) mass is 644 g/mol. The van der Waals surface area contributed by atoms with Crippen molar-refractivity contribution in [3.8, 4) is 11.6 Å². The molecule has 3 N–H and O–H groups in total. The van der Waals surface area contributed by atoms with Crippen molar-refractivity contribution in [2.24, 2.45) is 11.3 Å². The summed E-state index contributed by atoms with van der Waals surface area (Å²) in [7, 11) is 1.52. The molecular formula is C32H41ClN4O8. The molecule has 3 amide bonds. The molecule has 2 aliphatic rings. The van der Waals surface area contributed by atoms with E-state index in [0.717, 1.165) is 0 Å². The van der Waals surface area contributed by atoms with Crippen molar-refractivity contribution in [2.45, 2.75) is 83.7 Å². The highest BCUT2D eigenvalue weighted by molar-refractivity contribution is 6.31. The maximum Gasteiger partial charge on any atom is 0.408 e. The van der Waals surface area contributed by atoms with Gasteiger partial charge in [0.2, 0.25) is 17.7 Å². The number of carbonyl (C=O) groups excluding carboxylic acids is 3. The zero-order valence-corrected chi connectivity index (χ0v) is 27.4. The number of aliphatic carboxylic acids is 1. The fourth-order valence-corrected chi connectivity index (χ4v) is 5.68. The number of amides is 3. The molecule has 1 aliphatic carbocycles. The Morgan fingerprint density at radius 2 is 1.87 bits per heavy atom. The number of halogens is 1. The fourth-order valence-electron chi connectivity index (χ4n) is 5.51. The minimum Gasteiger partial charge on any atom is -0.494 e. The Labute approximate surface area is 267 Å². The molecule has 1 aliphatic heterocycles. The minimum atomic E-state index is -1.50. The van der Waals surface area contributed by atoms with E-state index < -0.39 is 64.5 Å². The zero-order chi connectivity index (χ0) is 33.5. The van der Waals surface area contributed by atoms with Gasteiger partial charge in [0.1, 0.15) is 35.1 Å². The molecule has 2 aromatic rings. The van der Waals surface area contributed by atoms with Crippen molar-refractivity contribution in [1.29, 1.82) is 0 Å². The molecule has 0 bridgehead atoms. The number of aromatic nitrogens is 1. The number of likely N-dealkylation sites (tertiary alicyclic amines) is 1. The summed E-state index contributed by atoms with van der Waals surface area (Å²) in [5, 5.41) is 17.0. The van der Waals surface area contributed by atoms with Crippen LogP contribution in [0, 0.1) is 11.3 Å². The molecule has 1 saturated heterocycles. The molecule has 12 nitrogen and oxygen atoms in total. The number of carboxylic acids is 1. The molecule has 1 aromatic carbocycles. The van der Waals surface area contributed by atoms with Gasteiger partial charge in [0.25, 0.3) is 0 Å². The number of carboxylic acid groups (broad SMARTS) is 1. The average Bonchev–Trinajstić information content (AvgIpc) is 3.49. The number of pyridine rings is 1. The highest BCUT2D eigenvalue weighted by Crippen LogP contribution is 2.45. The maximum absolute atomic E-state index is 14.2. The van der Waals surface area contributed by atoms with Gasteiger partial charge in [-0.1, -0.05) is 38.4 Å². The molecule has 2 fully saturated rings. The number of hydrogen-bond acceptors (Lipinski definition) is 8. The second-order valence-corrected chi connectivity index (χ2v) is 14.0. The SMILES string of the molecule is C=C[C@@H]1C[C@]1(NC(=O)[C@@H]1C[C@@H](Oc2ncc(OC)c3ccc(Cl)cc23)CN1C(=O)[C@@H](NC(=O)OC(C)(C)C)C(C)(C)C)C(=O)O. The van der Waals surface area contributed by atoms with E-state index in [4.69, 9.17) is 25.8 Å². The van der Waals surface area contributed by atoms with E-state index in [9.17, 15) is 24.3 Å². The first-order valence-corrected chi connectivity index (χ1v) is 15.0. The third-order valence-electron chi connectivity index (χ3n) is 7.92. The van der Waals surface area contributed by atoms with Crippen LogP contribution in [0.4, 0.5) is 4.79 Å². The van der Waals surface area contributed by atoms with Gasteiger partial charge < -0.3 is 34.9 Å². The topological polar surface area (TPSA) is 156 Å². The number of alkyl carbamates (subject to hydrolysis) is 1. The van der Waals surface area contributed by atoms with Crippen LogP contribution in [-0.4, -0.2) is 81.8 Å². The van der Waals surface area contributed by atoms with Crippen molar-refractivity contribution in [1.82, 2.24) is 20.5 Å². The Balaban J connectivity index is 1.67. The van der Waals surface area contributed by atoms with Crippen molar-refractivity contribution in [3.63, 3.8) is 0 Å². The first-order valence-electron chi connectivity index (χ1n) is 14.7. The molecule has 1 saturated carbocycles. The quantitative estimate of drug-likeness (QED) is 0.338. The van der Waals surface area contributed by atoms with Gasteiger partial charge >= 0.3 is 12.1 Å². The molecule has 13 heteroatoms. The lowest BCUT2D eigenvalue weighted by Crippen LogP contribution is -2.59. The largest absolute Gasteiger partial charge is 0.494 e. The number of hydrogen-bond donors (Lipinski definition) is 3. The van der Waals surface area contributed by atoms with Crippen LogP contribution < -0.4 is 20.1 Å². The van der Waals surface area contributed by atoms with Crippen LogP contribution in [0.3, 0.4) is 0 Å². The summed E-state index contributed by atoms with van der Waals surface area (Å²) < 4.78 is 17.2. The number of nitrogens with one attached hydrogen (secondary N) is 2. The average molecular weight is 645 g/mol. The molecular weight excluding hydrogens is 604 g/mol. The summed E-state index contributed by atoms with van der Waals surface area (Å²) in [4.78, 5) is 58.7. The molecule has 0 unspecified atom stereocenters. The van der Waals surface area contributed by atoms with Crippen LogP contribution in [0.2, 0.25) is 5.02 Å². The second-order valence-electron chi connectivity index (χ2n) is 13.6. The van der Waals surface area contributed by atoms with Crippen LogP contribution in [-0.2, 0) is 19.1 Å². The standard InChI is InChI=1S/C32H41ClN4O8/c1-9-17-14-32(17,28(40)41)36-25(38)22-13-19(44-26-21-12-18(33)10-11-20(21)23(43-8)15-34-26)16-37(22)27(39)24(30(2,3)4)35-29(42)45-31(5,6)7/h9-12,15,17,19,22,24H,1,13-14,16H2,2-8H3,(H,35,42)(H,36,38)(H,40,41)/t17-,19-,22+,24-,32-/m1/s1. The molecule has 4 rings (SSSR count). The Morgan fingerprint density at radius 1 is 1.18 bits per heavy atom. The van der Waals surface area contributed by atoms with Crippen molar-refractivity contribution in [2.75, 3.05) is 13.7 Å². The molecule has 45 heavy (non-hydrogen) atoms. The van der Waals surface area contributed by atoms with Gasteiger partial charge in [0, 0.05) is 28.1 Å². The summed E-state index contributed by atoms with van der Waals surface area (Å²) in [5.74, 6) is -2.10. The lowest BCUT2D eigenvalue weighted by molar-refractivity contribution is -0.146. The normalized spacial score (nSPS) is 23.6. The summed E-state index contributed by atoms with van der Waals surface area (Å²) in [6.45, 7) is 14.1. The first-order chi connectivity index (χ1) is 20.9. The van der Waals surface area contributed by atoms with Crippen molar-refractivity contribution in [3.05, 3.63) is 42.1 Å². The minimum absolute atomic E-state index is 0.0328. The van der Waals surface area contributed by atoms with Crippen LogP contribution in [0.1, 0.15) is 54.4 Å². The number of ether oxygens (including phenoxy) is 3. The van der Waals surface area contributed by atoms with Crippen molar-refractivity contribution >= 4 is 46.3 Å². The van der Waals surface area contributed by atoms with Crippen LogP contribution in [0.25, 0.3) is 10.8 Å². The number of methoxy groups -OCH3 is 1. The Bertz CT molecular complexity index is 1520. The third-order valence-corrected chi connectivity index (χ3v) is 8.16. The van der Waals surface area contributed by atoms with Gasteiger partial charge in [-0.25, -0.2) is 14.6 Å². The van der Waals surface area contributed by atoms with E-state index in [1.54, 1.807) is 59.7 Å². The Hall–Kier alpha value is -4.06. The van der Waals surface area contributed by atoms with E-state index in [0.29, 0.717) is 21.5 Å². The van der Waals surface area contributed by atoms with Crippen LogP contribution in [0.5, 0.6) is 11.6 Å². The van der Waals surface area contributed by atoms with Gasteiger partial charge in [-0.3, -0.25) is 9.59 Å². The van der Waals surface area contributed by atoms with Gasteiger partial charge in [-0.2, -0.15) is 0 Å². The summed E-state index contributed by atoms with van der Waals surface area (Å²) in [5.41, 5.74) is -3.10. The number of carbonyl (C=O) groups is 4. The molecule has 5 atom stereocenters. The lowest BCUT2D eigenvalue weighted by atomic mass is 9.85. The maximum atomic E-state index is 14.2. The third kappa shape index (κ3) is 7.27. The van der Waals surface area contributed by atoms with Crippen LogP contribution >= 0.6 is 11.6 Å². The zero-order valence-electron chi connectivity index (χ0n) is 26.6. The predicted molar refractivity (Wildman–Crippen MR) is 167 cm³/mol.